The Balaban J connectivity index is 2.02. The van der Waals surface area contributed by atoms with E-state index in [4.69, 9.17) is 9.47 Å². The average Bonchev–Trinajstić information content (AvgIpc) is 3.07. The van der Waals surface area contributed by atoms with Crippen LogP contribution >= 0.6 is 0 Å². The maximum Gasteiger partial charge on any atom is 0.318 e. The molecule has 0 aliphatic heterocycles. The highest BCUT2D eigenvalue weighted by Crippen LogP contribution is 2.93. The molecule has 1 saturated carbocycles. The molecule has 3 aliphatic rings. The zero-order valence-corrected chi connectivity index (χ0v) is 15.3. The molecule has 0 bridgehead atoms. The van der Waals surface area contributed by atoms with Crippen LogP contribution in [-0.4, -0.2) is 26.2 Å². The highest BCUT2D eigenvalue weighted by Gasteiger charge is 3.04. The van der Waals surface area contributed by atoms with Crippen LogP contribution in [0.3, 0.4) is 0 Å². The molecule has 1 fully saturated rings. The summed E-state index contributed by atoms with van der Waals surface area (Å²) in [4.78, 5) is 26.7. The summed E-state index contributed by atoms with van der Waals surface area (Å²) in [5.74, 6) is -0.712. The van der Waals surface area contributed by atoms with Gasteiger partial charge in [-0.25, -0.2) is 0 Å². The van der Waals surface area contributed by atoms with E-state index in [0.717, 1.165) is 22.3 Å². The van der Waals surface area contributed by atoms with Crippen molar-refractivity contribution in [2.24, 2.45) is 5.41 Å². The third kappa shape index (κ3) is 1.02. The van der Waals surface area contributed by atoms with E-state index in [-0.39, 0.29) is 11.9 Å². The summed E-state index contributed by atoms with van der Waals surface area (Å²) in [6, 6.07) is 15.9. The number of methoxy groups -OCH3 is 2. The van der Waals surface area contributed by atoms with Crippen molar-refractivity contribution in [2.75, 3.05) is 14.2 Å². The first-order valence-electron chi connectivity index (χ1n) is 8.79. The minimum absolute atomic E-state index is 0.347. The molecule has 0 aromatic heterocycles. The van der Waals surface area contributed by atoms with Crippen LogP contribution in [0.4, 0.5) is 0 Å². The molecule has 26 heavy (non-hydrogen) atoms. The number of carbonyl (C=O) groups excluding carboxylic acids is 2. The van der Waals surface area contributed by atoms with Crippen molar-refractivity contribution in [3.05, 3.63) is 70.8 Å². The van der Waals surface area contributed by atoms with Crippen molar-refractivity contribution in [1.29, 1.82) is 0 Å². The normalized spacial score (nSPS) is 37.4. The summed E-state index contributed by atoms with van der Waals surface area (Å²) in [6.45, 7) is 4.09. The van der Waals surface area contributed by atoms with Crippen molar-refractivity contribution in [3.63, 3.8) is 0 Å². The van der Waals surface area contributed by atoms with Crippen LogP contribution in [-0.2, 0) is 35.3 Å². The lowest BCUT2D eigenvalue weighted by Gasteiger charge is -2.32. The second-order valence-electron chi connectivity index (χ2n) is 7.82. The van der Waals surface area contributed by atoms with E-state index >= 15 is 0 Å². The summed E-state index contributed by atoms with van der Waals surface area (Å²) in [5, 5.41) is 0. The molecule has 132 valence electrons. The van der Waals surface area contributed by atoms with Crippen molar-refractivity contribution in [2.45, 2.75) is 30.1 Å². The Hall–Kier alpha value is -2.62. The second-order valence-corrected chi connectivity index (χ2v) is 7.82. The summed E-state index contributed by atoms with van der Waals surface area (Å²) in [5.41, 5.74) is 0.614. The number of hydrogen-bond donors (Lipinski definition) is 0. The van der Waals surface area contributed by atoms with Gasteiger partial charge in [0.15, 0.2) is 0 Å². The standard InChI is InChI=1S/C22H20O4/c1-19-13-9-5-7-11-15(13)20(2)21(17(23)25-3,22(19,20)18(24)26-4)16-12-8-6-10-14(16)19/h5-12H,1-4H3. The first-order valence-corrected chi connectivity index (χ1v) is 8.79. The van der Waals surface area contributed by atoms with Gasteiger partial charge in [-0.15, -0.1) is 0 Å². The molecule has 4 atom stereocenters. The number of rotatable bonds is 2. The van der Waals surface area contributed by atoms with Crippen molar-refractivity contribution in [3.8, 4) is 0 Å². The van der Waals surface area contributed by atoms with Gasteiger partial charge in [0.05, 0.1) is 14.2 Å². The average molecular weight is 348 g/mol. The Morgan fingerprint density at radius 3 is 1.73 bits per heavy atom. The molecular formula is C22H20O4. The molecule has 4 unspecified atom stereocenters. The number of fused-ring (bicyclic) bond motifs is 7. The third-order valence-electron chi connectivity index (χ3n) is 7.61. The van der Waals surface area contributed by atoms with Crippen LogP contribution in [0.2, 0.25) is 0 Å². The third-order valence-corrected chi connectivity index (χ3v) is 7.61. The number of hydrogen-bond acceptors (Lipinski definition) is 4. The minimum atomic E-state index is -1.05. The SMILES string of the molecule is COC(=O)C12c3ccccc3C3(C)c4ccccc4C1(C)C32C(=O)OC. The molecule has 0 radical (unpaired) electrons. The molecule has 0 spiro atoms. The van der Waals surface area contributed by atoms with Gasteiger partial charge in [0.1, 0.15) is 10.8 Å². The molecule has 3 aliphatic carbocycles. The maximum absolute atomic E-state index is 13.4. The first-order chi connectivity index (χ1) is 12.4. The molecule has 0 amide bonds. The lowest BCUT2D eigenvalue weighted by Crippen LogP contribution is -2.42. The number of ether oxygens (including phenoxy) is 2. The van der Waals surface area contributed by atoms with Crippen molar-refractivity contribution < 1.29 is 19.1 Å². The summed E-state index contributed by atoms with van der Waals surface area (Å²) in [6.07, 6.45) is 0. The predicted molar refractivity (Wildman–Crippen MR) is 94.8 cm³/mol. The largest absolute Gasteiger partial charge is 0.468 e. The van der Waals surface area contributed by atoms with E-state index in [1.54, 1.807) is 0 Å². The molecule has 0 N–H and O–H groups in total. The van der Waals surface area contributed by atoms with Gasteiger partial charge in [0.2, 0.25) is 0 Å². The lowest BCUT2D eigenvalue weighted by molar-refractivity contribution is -0.155. The predicted octanol–water partition coefficient (Wildman–Crippen LogP) is 2.86. The number of carbonyl (C=O) groups is 2. The van der Waals surface area contributed by atoms with Crippen molar-refractivity contribution in [1.82, 2.24) is 0 Å². The highest BCUT2D eigenvalue weighted by molar-refractivity contribution is 6.11. The van der Waals surface area contributed by atoms with Crippen LogP contribution in [0.15, 0.2) is 48.5 Å². The van der Waals surface area contributed by atoms with Crippen LogP contribution in [0.25, 0.3) is 0 Å². The van der Waals surface area contributed by atoms with E-state index in [9.17, 15) is 9.59 Å². The summed E-state index contributed by atoms with van der Waals surface area (Å²) >= 11 is 0. The zero-order chi connectivity index (χ0) is 18.5. The monoisotopic (exact) mass is 348 g/mol. The van der Waals surface area contributed by atoms with Gasteiger partial charge in [0, 0.05) is 10.8 Å². The molecule has 4 heteroatoms. The van der Waals surface area contributed by atoms with Crippen LogP contribution in [0, 0.1) is 5.41 Å². The Labute approximate surface area is 152 Å². The van der Waals surface area contributed by atoms with E-state index in [1.807, 2.05) is 49.4 Å². The maximum atomic E-state index is 13.4. The number of benzene rings is 2. The van der Waals surface area contributed by atoms with Crippen LogP contribution in [0.5, 0.6) is 0 Å². The fourth-order valence-corrected chi connectivity index (χ4v) is 6.95. The van der Waals surface area contributed by atoms with E-state index in [0.29, 0.717) is 0 Å². The fourth-order valence-electron chi connectivity index (χ4n) is 6.95. The quantitative estimate of drug-likeness (QED) is 0.783. The van der Waals surface area contributed by atoms with Gasteiger partial charge in [0.25, 0.3) is 0 Å². The van der Waals surface area contributed by atoms with Gasteiger partial charge in [-0.2, -0.15) is 0 Å². The molecule has 4 nitrogen and oxygen atoms in total. The van der Waals surface area contributed by atoms with Crippen LogP contribution in [0.1, 0.15) is 36.1 Å². The van der Waals surface area contributed by atoms with Gasteiger partial charge in [-0.1, -0.05) is 62.4 Å². The van der Waals surface area contributed by atoms with E-state index in [2.05, 4.69) is 13.0 Å². The Kier molecular flexibility index (Phi) is 2.52. The van der Waals surface area contributed by atoms with E-state index in [1.165, 1.54) is 14.2 Å². The second kappa shape index (κ2) is 4.20. The molecule has 0 heterocycles. The Morgan fingerprint density at radius 1 is 0.731 bits per heavy atom. The highest BCUT2D eigenvalue weighted by atomic mass is 16.5. The fraction of sp³-hybridized carbons (Fsp3) is 0.364. The molecule has 2 aromatic rings. The van der Waals surface area contributed by atoms with Gasteiger partial charge in [-0.05, 0) is 22.3 Å². The smallest absolute Gasteiger partial charge is 0.318 e. The van der Waals surface area contributed by atoms with Gasteiger partial charge < -0.3 is 9.47 Å². The lowest BCUT2D eigenvalue weighted by atomic mass is 9.68. The van der Waals surface area contributed by atoms with Gasteiger partial charge in [-0.3, -0.25) is 9.59 Å². The summed E-state index contributed by atoms with van der Waals surface area (Å²) in [7, 11) is 2.79. The molecule has 0 saturated heterocycles. The molecule has 5 rings (SSSR count). The molecular weight excluding hydrogens is 328 g/mol. The van der Waals surface area contributed by atoms with Gasteiger partial charge >= 0.3 is 11.9 Å². The zero-order valence-electron chi connectivity index (χ0n) is 15.3. The number of esters is 2. The van der Waals surface area contributed by atoms with E-state index < -0.39 is 21.7 Å². The topological polar surface area (TPSA) is 52.6 Å². The van der Waals surface area contributed by atoms with Crippen molar-refractivity contribution >= 4 is 11.9 Å². The van der Waals surface area contributed by atoms with Crippen LogP contribution < -0.4 is 0 Å². The minimum Gasteiger partial charge on any atom is -0.468 e. The first kappa shape index (κ1) is 15.6. The molecule has 2 aromatic carbocycles. The Morgan fingerprint density at radius 2 is 1.19 bits per heavy atom. The Bertz CT molecular complexity index is 1010. The summed E-state index contributed by atoms with van der Waals surface area (Å²) < 4.78 is 10.6.